The van der Waals surface area contributed by atoms with Gasteiger partial charge in [-0.3, -0.25) is 0 Å². The molecule has 2 rings (SSSR count). The van der Waals surface area contributed by atoms with Crippen LogP contribution in [-0.4, -0.2) is 21.3 Å². The van der Waals surface area contributed by atoms with E-state index in [-0.39, 0.29) is 0 Å². The monoisotopic (exact) mass is 180 g/mol. The standard InChI is InChI=1S/C9H16N4/c1-7-11-9-6-8(2-4-10)3-5-13(9)12-7/h8H,2-6,10H2,1H3. The van der Waals surface area contributed by atoms with Crippen molar-refractivity contribution in [3.05, 3.63) is 11.6 Å². The lowest BCUT2D eigenvalue weighted by molar-refractivity contribution is 0.348. The highest BCUT2D eigenvalue weighted by Crippen LogP contribution is 2.20. The molecule has 1 atom stereocenters. The summed E-state index contributed by atoms with van der Waals surface area (Å²) >= 11 is 0. The Morgan fingerprint density at radius 3 is 3.23 bits per heavy atom. The van der Waals surface area contributed by atoms with Crippen molar-refractivity contribution in [1.29, 1.82) is 0 Å². The van der Waals surface area contributed by atoms with Gasteiger partial charge in [0.2, 0.25) is 0 Å². The summed E-state index contributed by atoms with van der Waals surface area (Å²) in [6, 6.07) is 0. The van der Waals surface area contributed by atoms with Crippen LogP contribution in [0.25, 0.3) is 0 Å². The van der Waals surface area contributed by atoms with Gasteiger partial charge in [-0.2, -0.15) is 5.10 Å². The SMILES string of the molecule is Cc1nc2n(n1)CCC(CCN)C2. The van der Waals surface area contributed by atoms with Gasteiger partial charge in [0.15, 0.2) is 0 Å². The fourth-order valence-electron chi connectivity index (χ4n) is 1.98. The van der Waals surface area contributed by atoms with E-state index in [1.165, 1.54) is 6.42 Å². The number of fused-ring (bicyclic) bond motifs is 1. The van der Waals surface area contributed by atoms with Gasteiger partial charge in [-0.25, -0.2) is 9.67 Å². The Kier molecular flexibility index (Phi) is 2.31. The molecule has 0 saturated carbocycles. The third kappa shape index (κ3) is 1.72. The molecule has 1 aliphatic rings. The Bertz CT molecular complexity index is 292. The second-order valence-corrected chi connectivity index (χ2v) is 3.73. The molecule has 0 aliphatic carbocycles. The molecule has 0 saturated heterocycles. The van der Waals surface area contributed by atoms with Crippen LogP contribution in [0.2, 0.25) is 0 Å². The lowest BCUT2D eigenvalue weighted by Crippen LogP contribution is -2.22. The minimum atomic E-state index is 0.723. The molecule has 1 unspecified atom stereocenters. The van der Waals surface area contributed by atoms with Gasteiger partial charge in [0.1, 0.15) is 11.6 Å². The molecule has 0 spiro atoms. The Morgan fingerprint density at radius 2 is 2.46 bits per heavy atom. The predicted molar refractivity (Wildman–Crippen MR) is 50.2 cm³/mol. The van der Waals surface area contributed by atoms with Crippen LogP contribution in [0.15, 0.2) is 0 Å². The van der Waals surface area contributed by atoms with Gasteiger partial charge in [-0.1, -0.05) is 0 Å². The highest BCUT2D eigenvalue weighted by molar-refractivity contribution is 4.95. The molecule has 2 N–H and O–H groups in total. The van der Waals surface area contributed by atoms with Gasteiger partial charge in [0, 0.05) is 13.0 Å². The quantitative estimate of drug-likeness (QED) is 0.721. The molecule has 4 heteroatoms. The number of nitrogens with zero attached hydrogens (tertiary/aromatic N) is 3. The van der Waals surface area contributed by atoms with Gasteiger partial charge in [-0.15, -0.1) is 0 Å². The van der Waals surface area contributed by atoms with E-state index < -0.39 is 0 Å². The molecule has 2 heterocycles. The van der Waals surface area contributed by atoms with Crippen molar-refractivity contribution in [2.45, 2.75) is 32.7 Å². The first kappa shape index (κ1) is 8.69. The zero-order valence-corrected chi connectivity index (χ0v) is 8.03. The highest BCUT2D eigenvalue weighted by atomic mass is 15.3. The predicted octanol–water partition coefficient (Wildman–Crippen LogP) is 0.498. The molecule has 1 aliphatic heterocycles. The second kappa shape index (κ2) is 3.46. The van der Waals surface area contributed by atoms with Gasteiger partial charge < -0.3 is 5.73 Å². The van der Waals surface area contributed by atoms with E-state index in [1.807, 2.05) is 11.6 Å². The number of aryl methyl sites for hydroxylation is 2. The molecular formula is C9H16N4. The summed E-state index contributed by atoms with van der Waals surface area (Å²) in [5.74, 6) is 2.76. The Balaban J connectivity index is 2.10. The lowest BCUT2D eigenvalue weighted by atomic mass is 9.95. The minimum Gasteiger partial charge on any atom is -0.330 e. The molecule has 1 aromatic heterocycles. The van der Waals surface area contributed by atoms with Gasteiger partial charge >= 0.3 is 0 Å². The van der Waals surface area contributed by atoms with Crippen molar-refractivity contribution in [1.82, 2.24) is 14.8 Å². The topological polar surface area (TPSA) is 56.7 Å². The zero-order valence-electron chi connectivity index (χ0n) is 8.03. The van der Waals surface area contributed by atoms with Crippen molar-refractivity contribution < 1.29 is 0 Å². The van der Waals surface area contributed by atoms with Gasteiger partial charge in [0.05, 0.1) is 0 Å². The van der Waals surface area contributed by atoms with Crippen molar-refractivity contribution >= 4 is 0 Å². The Labute approximate surface area is 78.1 Å². The van der Waals surface area contributed by atoms with Crippen molar-refractivity contribution in [2.24, 2.45) is 11.7 Å². The molecule has 0 bridgehead atoms. The van der Waals surface area contributed by atoms with E-state index in [1.54, 1.807) is 0 Å². The molecule has 0 amide bonds. The number of aromatic nitrogens is 3. The lowest BCUT2D eigenvalue weighted by Gasteiger charge is -2.21. The minimum absolute atomic E-state index is 0.723. The highest BCUT2D eigenvalue weighted by Gasteiger charge is 2.19. The third-order valence-electron chi connectivity index (χ3n) is 2.65. The van der Waals surface area contributed by atoms with E-state index in [0.29, 0.717) is 0 Å². The smallest absolute Gasteiger partial charge is 0.147 e. The van der Waals surface area contributed by atoms with E-state index in [4.69, 9.17) is 5.73 Å². The van der Waals surface area contributed by atoms with Crippen LogP contribution >= 0.6 is 0 Å². The summed E-state index contributed by atoms with van der Waals surface area (Å²) in [6.45, 7) is 3.75. The largest absolute Gasteiger partial charge is 0.330 e. The van der Waals surface area contributed by atoms with E-state index in [9.17, 15) is 0 Å². The first-order valence-corrected chi connectivity index (χ1v) is 4.90. The molecule has 0 aromatic carbocycles. The van der Waals surface area contributed by atoms with Crippen LogP contribution in [0.3, 0.4) is 0 Å². The molecule has 0 radical (unpaired) electrons. The van der Waals surface area contributed by atoms with E-state index in [2.05, 4.69) is 10.1 Å². The van der Waals surface area contributed by atoms with Crippen molar-refractivity contribution in [3.8, 4) is 0 Å². The zero-order chi connectivity index (χ0) is 9.26. The fourth-order valence-corrected chi connectivity index (χ4v) is 1.98. The first-order valence-electron chi connectivity index (χ1n) is 4.90. The van der Waals surface area contributed by atoms with Crippen molar-refractivity contribution in [3.63, 3.8) is 0 Å². The van der Waals surface area contributed by atoms with E-state index in [0.717, 1.165) is 43.5 Å². The summed E-state index contributed by atoms with van der Waals surface area (Å²) in [5, 5.41) is 4.32. The molecule has 1 aromatic rings. The molecule has 13 heavy (non-hydrogen) atoms. The van der Waals surface area contributed by atoms with E-state index >= 15 is 0 Å². The number of hydrogen-bond donors (Lipinski definition) is 1. The van der Waals surface area contributed by atoms with Crippen LogP contribution in [0, 0.1) is 12.8 Å². The molecule has 0 fully saturated rings. The maximum atomic E-state index is 5.54. The third-order valence-corrected chi connectivity index (χ3v) is 2.65. The molecule has 72 valence electrons. The van der Waals surface area contributed by atoms with Gasteiger partial charge in [0.25, 0.3) is 0 Å². The maximum absolute atomic E-state index is 5.54. The average molecular weight is 180 g/mol. The van der Waals surface area contributed by atoms with Gasteiger partial charge in [-0.05, 0) is 32.2 Å². The van der Waals surface area contributed by atoms with Crippen LogP contribution in [0.5, 0.6) is 0 Å². The first-order chi connectivity index (χ1) is 6.29. The van der Waals surface area contributed by atoms with Crippen LogP contribution < -0.4 is 5.73 Å². The second-order valence-electron chi connectivity index (χ2n) is 3.73. The summed E-state index contributed by atoms with van der Waals surface area (Å²) in [4.78, 5) is 4.39. The summed E-state index contributed by atoms with van der Waals surface area (Å²) in [5.41, 5.74) is 5.54. The fraction of sp³-hybridized carbons (Fsp3) is 0.778. The van der Waals surface area contributed by atoms with Crippen LogP contribution in [0.4, 0.5) is 0 Å². The molecular weight excluding hydrogens is 164 g/mol. The van der Waals surface area contributed by atoms with Crippen LogP contribution in [0.1, 0.15) is 24.5 Å². The summed E-state index contributed by atoms with van der Waals surface area (Å²) in [7, 11) is 0. The average Bonchev–Trinajstić information content (AvgIpc) is 2.44. The summed E-state index contributed by atoms with van der Waals surface area (Å²) < 4.78 is 2.03. The number of rotatable bonds is 2. The normalized spacial score (nSPS) is 21.5. The van der Waals surface area contributed by atoms with Crippen LogP contribution in [-0.2, 0) is 13.0 Å². The Hall–Kier alpha value is -0.900. The maximum Gasteiger partial charge on any atom is 0.147 e. The number of nitrogens with two attached hydrogens (primary N) is 1. The van der Waals surface area contributed by atoms with Crippen molar-refractivity contribution in [2.75, 3.05) is 6.54 Å². The molecule has 4 nitrogen and oxygen atoms in total. The number of hydrogen-bond acceptors (Lipinski definition) is 3. The summed E-state index contributed by atoms with van der Waals surface area (Å²) in [6.07, 6.45) is 3.37. The Morgan fingerprint density at radius 1 is 1.62 bits per heavy atom.